The number of nitrogens with one attached hydrogen (secondary N) is 1. The smallest absolute Gasteiger partial charge is 0.123 e. The largest absolute Gasteiger partial charge is 0.306 e. The van der Waals surface area contributed by atoms with Gasteiger partial charge in [-0.3, -0.25) is 0 Å². The summed E-state index contributed by atoms with van der Waals surface area (Å²) in [6.07, 6.45) is 0. The Labute approximate surface area is 129 Å². The molecule has 1 N–H and O–H groups in total. The Bertz CT molecular complexity index is 616. The summed E-state index contributed by atoms with van der Waals surface area (Å²) >= 11 is 1.41. The molecule has 1 aromatic carbocycles. The third kappa shape index (κ3) is 3.47. The van der Waals surface area contributed by atoms with Gasteiger partial charge >= 0.3 is 0 Å². The first-order valence-electron chi connectivity index (χ1n) is 7.16. The predicted molar refractivity (Wildman–Crippen MR) is 85.3 cm³/mol. The molecule has 0 aliphatic rings. The molecule has 0 spiro atoms. The second-order valence-electron chi connectivity index (χ2n) is 6.23. The highest BCUT2D eigenvalue weighted by atomic mass is 32.1. The molecule has 0 fully saturated rings. The first-order valence-corrected chi connectivity index (χ1v) is 7.94. The molecule has 1 heterocycles. The van der Waals surface area contributed by atoms with Crippen LogP contribution in [0.15, 0.2) is 18.2 Å². The van der Waals surface area contributed by atoms with Crippen molar-refractivity contribution in [3.63, 3.8) is 0 Å². The van der Waals surface area contributed by atoms with Crippen molar-refractivity contribution in [3.8, 4) is 0 Å². The maximum atomic E-state index is 13.4. The molecule has 0 radical (unpaired) electrons. The van der Waals surface area contributed by atoms with Crippen molar-refractivity contribution in [3.05, 3.63) is 45.7 Å². The number of benzene rings is 1. The highest BCUT2D eigenvalue weighted by Crippen LogP contribution is 2.34. The summed E-state index contributed by atoms with van der Waals surface area (Å²) in [6, 6.07) is 4.94. The summed E-state index contributed by atoms with van der Waals surface area (Å²) < 4.78 is 17.5. The number of aryl methyl sites for hydroxylation is 1. The zero-order valence-corrected chi connectivity index (χ0v) is 14.0. The molecule has 1 unspecified atom stereocenters. The Balaban J connectivity index is 2.52. The third-order valence-electron chi connectivity index (χ3n) is 3.44. The maximum absolute atomic E-state index is 13.4. The molecular formula is C16H22FN3S. The molecule has 0 aliphatic heterocycles. The average molecular weight is 307 g/mol. The highest BCUT2D eigenvalue weighted by molar-refractivity contribution is 7.05. The van der Waals surface area contributed by atoms with Gasteiger partial charge in [0.25, 0.3) is 0 Å². The quantitative estimate of drug-likeness (QED) is 0.928. The Morgan fingerprint density at radius 1 is 1.33 bits per heavy atom. The number of aromatic nitrogens is 2. The zero-order chi connectivity index (χ0) is 15.6. The molecule has 2 rings (SSSR count). The molecule has 0 saturated carbocycles. The normalized spacial score (nSPS) is 13.4. The van der Waals surface area contributed by atoms with Crippen LogP contribution in [0, 0.1) is 12.7 Å². The lowest BCUT2D eigenvalue weighted by molar-refractivity contribution is 0.542. The molecule has 0 amide bonds. The number of halogens is 1. The molecule has 2 aromatic rings. The first-order chi connectivity index (χ1) is 9.84. The molecule has 1 aromatic heterocycles. The average Bonchev–Trinajstić information content (AvgIpc) is 2.85. The Morgan fingerprint density at radius 3 is 2.62 bits per heavy atom. The summed E-state index contributed by atoms with van der Waals surface area (Å²) in [5.41, 5.74) is 2.95. The van der Waals surface area contributed by atoms with E-state index in [-0.39, 0.29) is 17.3 Å². The predicted octanol–water partition coefficient (Wildman–Crippen LogP) is 3.98. The molecule has 0 aliphatic carbocycles. The van der Waals surface area contributed by atoms with Crippen LogP contribution in [0.25, 0.3) is 0 Å². The number of rotatable bonds is 4. The minimum atomic E-state index is -0.204. The van der Waals surface area contributed by atoms with Gasteiger partial charge in [0, 0.05) is 5.41 Å². The third-order valence-corrected chi connectivity index (χ3v) is 4.23. The van der Waals surface area contributed by atoms with Gasteiger partial charge in [0.15, 0.2) is 0 Å². The molecule has 0 saturated heterocycles. The molecule has 3 nitrogen and oxygen atoms in total. The van der Waals surface area contributed by atoms with Gasteiger partial charge in [-0.25, -0.2) is 4.39 Å². The van der Waals surface area contributed by atoms with Crippen LogP contribution < -0.4 is 5.32 Å². The Kier molecular flexibility index (Phi) is 4.74. The van der Waals surface area contributed by atoms with Crippen LogP contribution in [0.3, 0.4) is 0 Å². The van der Waals surface area contributed by atoms with Crippen LogP contribution in [0.2, 0.25) is 0 Å². The van der Waals surface area contributed by atoms with E-state index in [9.17, 15) is 4.39 Å². The van der Waals surface area contributed by atoms with Crippen molar-refractivity contribution in [1.29, 1.82) is 0 Å². The summed E-state index contributed by atoms with van der Waals surface area (Å²) in [6.45, 7) is 11.2. The van der Waals surface area contributed by atoms with Crippen LogP contribution in [0.1, 0.15) is 55.4 Å². The molecule has 1 atom stereocenters. The van der Waals surface area contributed by atoms with Gasteiger partial charge < -0.3 is 5.32 Å². The Hall–Kier alpha value is -1.33. The summed E-state index contributed by atoms with van der Waals surface area (Å²) in [5.74, 6) is -0.204. The second kappa shape index (κ2) is 6.20. The second-order valence-corrected chi connectivity index (χ2v) is 7.01. The van der Waals surface area contributed by atoms with Crippen LogP contribution in [-0.2, 0) is 5.41 Å². The molecule has 0 bridgehead atoms. The van der Waals surface area contributed by atoms with Crippen LogP contribution in [0.5, 0.6) is 0 Å². The fourth-order valence-electron chi connectivity index (χ4n) is 2.42. The van der Waals surface area contributed by atoms with Crippen molar-refractivity contribution in [2.75, 3.05) is 6.54 Å². The van der Waals surface area contributed by atoms with Gasteiger partial charge in [-0.15, -0.1) is 5.10 Å². The van der Waals surface area contributed by atoms with E-state index in [2.05, 4.69) is 42.6 Å². The van der Waals surface area contributed by atoms with Crippen molar-refractivity contribution < 1.29 is 4.39 Å². The lowest BCUT2D eigenvalue weighted by Crippen LogP contribution is -2.25. The zero-order valence-electron chi connectivity index (χ0n) is 13.2. The van der Waals surface area contributed by atoms with Crippen molar-refractivity contribution in [1.82, 2.24) is 14.9 Å². The van der Waals surface area contributed by atoms with Crippen LogP contribution in [-0.4, -0.2) is 16.1 Å². The number of nitrogens with zero attached hydrogens (tertiary/aromatic N) is 2. The van der Waals surface area contributed by atoms with E-state index in [1.807, 2.05) is 13.0 Å². The van der Waals surface area contributed by atoms with Crippen molar-refractivity contribution in [2.45, 2.75) is 46.1 Å². The molecular weight excluding hydrogens is 285 g/mol. The van der Waals surface area contributed by atoms with E-state index in [0.29, 0.717) is 0 Å². The van der Waals surface area contributed by atoms with E-state index >= 15 is 0 Å². The van der Waals surface area contributed by atoms with Gasteiger partial charge in [0.2, 0.25) is 0 Å². The van der Waals surface area contributed by atoms with Gasteiger partial charge in [0.05, 0.1) is 16.6 Å². The van der Waals surface area contributed by atoms with E-state index in [1.54, 1.807) is 6.07 Å². The highest BCUT2D eigenvalue weighted by Gasteiger charge is 2.28. The van der Waals surface area contributed by atoms with Gasteiger partial charge in [0.1, 0.15) is 5.82 Å². The Morgan fingerprint density at radius 2 is 2.05 bits per heavy atom. The fraction of sp³-hybridized carbons (Fsp3) is 0.500. The summed E-state index contributed by atoms with van der Waals surface area (Å²) in [5, 5.41) is 7.80. The molecule has 114 valence electrons. The minimum Gasteiger partial charge on any atom is -0.306 e. The first kappa shape index (κ1) is 16.0. The standard InChI is InChI=1S/C16H22FN3S/c1-6-18-13(12-8-7-11(17)9-10(12)2)14-15(16(3,4)5)19-20-21-14/h7-9,13,18H,6H2,1-5H3. The lowest BCUT2D eigenvalue weighted by atomic mass is 9.88. The molecule has 21 heavy (non-hydrogen) atoms. The van der Waals surface area contributed by atoms with E-state index in [4.69, 9.17) is 0 Å². The SMILES string of the molecule is CCNC(c1ccc(F)cc1C)c1snnc1C(C)(C)C. The van der Waals surface area contributed by atoms with Crippen LogP contribution in [0.4, 0.5) is 4.39 Å². The fourth-order valence-corrected chi connectivity index (χ4v) is 3.38. The summed E-state index contributed by atoms with van der Waals surface area (Å²) in [4.78, 5) is 1.11. The van der Waals surface area contributed by atoms with Crippen molar-refractivity contribution >= 4 is 11.5 Å². The van der Waals surface area contributed by atoms with Gasteiger partial charge in [-0.05, 0) is 48.3 Å². The van der Waals surface area contributed by atoms with E-state index < -0.39 is 0 Å². The maximum Gasteiger partial charge on any atom is 0.123 e. The number of hydrogen-bond acceptors (Lipinski definition) is 4. The van der Waals surface area contributed by atoms with Crippen LogP contribution >= 0.6 is 11.5 Å². The van der Waals surface area contributed by atoms with E-state index in [1.165, 1.54) is 17.6 Å². The molecule has 5 heteroatoms. The van der Waals surface area contributed by atoms with Gasteiger partial charge in [-0.2, -0.15) is 0 Å². The topological polar surface area (TPSA) is 37.8 Å². The van der Waals surface area contributed by atoms with Gasteiger partial charge in [-0.1, -0.05) is 38.2 Å². The number of hydrogen-bond donors (Lipinski definition) is 1. The van der Waals surface area contributed by atoms with E-state index in [0.717, 1.165) is 28.2 Å². The lowest BCUT2D eigenvalue weighted by Gasteiger charge is -2.24. The van der Waals surface area contributed by atoms with Crippen molar-refractivity contribution in [2.24, 2.45) is 0 Å². The minimum absolute atomic E-state index is 0.00447. The summed E-state index contributed by atoms with van der Waals surface area (Å²) in [7, 11) is 0. The monoisotopic (exact) mass is 307 g/mol.